The van der Waals surface area contributed by atoms with Crippen LogP contribution in [0.25, 0.3) is 10.9 Å². The molecule has 0 radical (unpaired) electrons. The van der Waals surface area contributed by atoms with Crippen molar-refractivity contribution in [2.45, 2.75) is 72.6 Å². The zero-order valence-electron chi connectivity index (χ0n) is 21.8. The summed E-state index contributed by atoms with van der Waals surface area (Å²) in [6, 6.07) is 2.95. The molecule has 2 aromatic rings. The van der Waals surface area contributed by atoms with Crippen molar-refractivity contribution < 1.29 is 23.7 Å². The van der Waals surface area contributed by atoms with E-state index in [1.807, 2.05) is 40.7 Å². The van der Waals surface area contributed by atoms with Crippen LogP contribution in [0.4, 0.5) is 4.79 Å². The first-order valence-corrected chi connectivity index (χ1v) is 12.4. The van der Waals surface area contributed by atoms with Crippen LogP contribution in [0, 0.1) is 5.92 Å². The van der Waals surface area contributed by atoms with Crippen molar-refractivity contribution in [3.63, 3.8) is 0 Å². The van der Waals surface area contributed by atoms with E-state index in [2.05, 4.69) is 13.8 Å². The molecule has 1 aromatic carbocycles. The first-order chi connectivity index (χ1) is 16.5. The molecule has 2 heterocycles. The second-order valence-electron chi connectivity index (χ2n) is 9.72. The molecule has 0 saturated heterocycles. The van der Waals surface area contributed by atoms with Gasteiger partial charge in [-0.1, -0.05) is 25.4 Å². The van der Waals surface area contributed by atoms with Crippen molar-refractivity contribution in [2.75, 3.05) is 20.3 Å². The number of benzene rings is 1. The van der Waals surface area contributed by atoms with Crippen LogP contribution in [-0.4, -0.2) is 60.5 Å². The van der Waals surface area contributed by atoms with E-state index in [9.17, 15) is 4.79 Å². The number of fused-ring (bicyclic) bond motifs is 1. The SMILES string of the molecule is CCOC1=N[C@H](C(C)C)C(OCC)=N[C@H]1Cc1cn(C(=O)OC(C)(C)C)c2cc(Cl)c(OC)cc12. The quantitative estimate of drug-likeness (QED) is 0.487. The Balaban J connectivity index is 2.10. The van der Waals surface area contributed by atoms with Crippen molar-refractivity contribution in [1.29, 1.82) is 0 Å². The van der Waals surface area contributed by atoms with E-state index in [4.69, 9.17) is 40.5 Å². The average Bonchev–Trinajstić information content (AvgIpc) is 3.10. The molecule has 1 aromatic heterocycles. The highest BCUT2D eigenvalue weighted by Crippen LogP contribution is 2.34. The van der Waals surface area contributed by atoms with Crippen LogP contribution in [0.2, 0.25) is 5.02 Å². The molecule has 0 spiro atoms. The van der Waals surface area contributed by atoms with Gasteiger partial charge in [-0.05, 0) is 58.2 Å². The van der Waals surface area contributed by atoms with Crippen molar-refractivity contribution in [3.8, 4) is 5.75 Å². The van der Waals surface area contributed by atoms with Gasteiger partial charge in [-0.15, -0.1) is 0 Å². The third kappa shape index (κ3) is 6.10. The van der Waals surface area contributed by atoms with Crippen LogP contribution in [-0.2, 0) is 20.6 Å². The van der Waals surface area contributed by atoms with Crippen molar-refractivity contribution in [3.05, 3.63) is 28.9 Å². The Kier molecular flexibility index (Phi) is 8.36. The molecule has 35 heavy (non-hydrogen) atoms. The lowest BCUT2D eigenvalue weighted by atomic mass is 10.00. The summed E-state index contributed by atoms with van der Waals surface area (Å²) < 4.78 is 24.3. The molecule has 9 heteroatoms. The van der Waals surface area contributed by atoms with Gasteiger partial charge in [-0.3, -0.25) is 4.57 Å². The fourth-order valence-electron chi connectivity index (χ4n) is 3.97. The van der Waals surface area contributed by atoms with Gasteiger partial charge in [0.05, 0.1) is 30.9 Å². The Morgan fingerprint density at radius 1 is 1.11 bits per heavy atom. The largest absolute Gasteiger partial charge is 0.495 e. The van der Waals surface area contributed by atoms with Crippen molar-refractivity contribution in [2.24, 2.45) is 15.9 Å². The summed E-state index contributed by atoms with van der Waals surface area (Å²) in [5.74, 6) is 1.89. The summed E-state index contributed by atoms with van der Waals surface area (Å²) in [7, 11) is 1.56. The van der Waals surface area contributed by atoms with Gasteiger partial charge in [0.2, 0.25) is 11.8 Å². The molecule has 3 rings (SSSR count). The normalized spacial score (nSPS) is 18.3. The summed E-state index contributed by atoms with van der Waals surface area (Å²) in [6.45, 7) is 14.5. The number of ether oxygens (including phenoxy) is 4. The molecular weight excluding hydrogens is 470 g/mol. The maximum Gasteiger partial charge on any atom is 0.419 e. The Morgan fingerprint density at radius 3 is 2.34 bits per heavy atom. The molecule has 1 aliphatic rings. The summed E-state index contributed by atoms with van der Waals surface area (Å²) in [4.78, 5) is 22.8. The van der Waals surface area contributed by atoms with Gasteiger partial charge >= 0.3 is 6.09 Å². The van der Waals surface area contributed by atoms with E-state index in [-0.39, 0.29) is 12.0 Å². The zero-order chi connectivity index (χ0) is 25.9. The summed E-state index contributed by atoms with van der Waals surface area (Å²) >= 11 is 6.41. The predicted octanol–water partition coefficient (Wildman–Crippen LogP) is 5.91. The first kappa shape index (κ1) is 26.9. The van der Waals surface area contributed by atoms with E-state index in [1.54, 1.807) is 19.4 Å². The lowest BCUT2D eigenvalue weighted by Gasteiger charge is -2.28. The number of halogens is 1. The van der Waals surface area contributed by atoms with E-state index in [1.165, 1.54) is 4.57 Å². The fourth-order valence-corrected chi connectivity index (χ4v) is 4.20. The van der Waals surface area contributed by atoms with Gasteiger partial charge in [0.15, 0.2) is 0 Å². The van der Waals surface area contributed by atoms with Crippen LogP contribution in [0.3, 0.4) is 0 Å². The molecule has 0 fully saturated rings. The number of rotatable bonds is 6. The maximum absolute atomic E-state index is 13.0. The predicted molar refractivity (Wildman–Crippen MR) is 139 cm³/mol. The van der Waals surface area contributed by atoms with Crippen molar-refractivity contribution in [1.82, 2.24) is 4.57 Å². The number of aliphatic imine (C=N–C) groups is 2. The number of methoxy groups -OCH3 is 1. The van der Waals surface area contributed by atoms with Gasteiger partial charge in [-0.25, -0.2) is 14.8 Å². The Labute approximate surface area is 212 Å². The monoisotopic (exact) mass is 505 g/mol. The molecule has 1 aliphatic heterocycles. The second-order valence-corrected chi connectivity index (χ2v) is 10.1. The van der Waals surface area contributed by atoms with Crippen LogP contribution in [0.15, 0.2) is 28.3 Å². The van der Waals surface area contributed by atoms with Crippen molar-refractivity contribution >= 4 is 40.4 Å². The minimum atomic E-state index is -0.648. The number of hydrogen-bond acceptors (Lipinski definition) is 7. The minimum Gasteiger partial charge on any atom is -0.495 e. The first-order valence-electron chi connectivity index (χ1n) is 12.0. The van der Waals surface area contributed by atoms with E-state index >= 15 is 0 Å². The molecule has 0 aliphatic carbocycles. The van der Waals surface area contributed by atoms with Gasteiger partial charge < -0.3 is 18.9 Å². The highest BCUT2D eigenvalue weighted by molar-refractivity contribution is 6.33. The molecule has 0 unspecified atom stereocenters. The van der Waals surface area contributed by atoms with E-state index in [0.717, 1.165) is 10.9 Å². The molecular formula is C26H36ClN3O5. The van der Waals surface area contributed by atoms with Gasteiger partial charge in [0, 0.05) is 18.0 Å². The summed E-state index contributed by atoms with van der Waals surface area (Å²) in [5.41, 5.74) is 0.839. The van der Waals surface area contributed by atoms with Crippen LogP contribution >= 0.6 is 11.6 Å². The van der Waals surface area contributed by atoms with Gasteiger partial charge in [0.1, 0.15) is 23.4 Å². The van der Waals surface area contributed by atoms with E-state index in [0.29, 0.717) is 47.7 Å². The molecule has 2 atom stereocenters. The fraction of sp³-hybridized carbons (Fsp3) is 0.577. The summed E-state index contributed by atoms with van der Waals surface area (Å²) in [6.07, 6.45) is 1.72. The number of aromatic nitrogens is 1. The molecule has 0 saturated carbocycles. The number of carbonyl (C=O) groups is 1. The third-order valence-electron chi connectivity index (χ3n) is 5.47. The minimum absolute atomic E-state index is 0.199. The Bertz CT molecular complexity index is 1130. The lowest BCUT2D eigenvalue weighted by molar-refractivity contribution is 0.0544. The average molecular weight is 506 g/mol. The molecule has 0 amide bonds. The molecule has 0 N–H and O–H groups in total. The topological polar surface area (TPSA) is 83.6 Å². The molecule has 192 valence electrons. The highest BCUT2D eigenvalue weighted by atomic mass is 35.5. The van der Waals surface area contributed by atoms with Gasteiger partial charge in [-0.2, -0.15) is 0 Å². The standard InChI is InChI=1S/C26H36ClN3O5/c1-9-33-23-19(28-24(34-10-2)22(29-23)15(3)4)11-16-14-30(25(31)35-26(5,6)7)20-13-18(27)21(32-8)12-17(16)20/h12-15,19,22H,9-11H2,1-8H3/t19-,22+/m0/s1. The zero-order valence-corrected chi connectivity index (χ0v) is 22.6. The molecule has 0 bridgehead atoms. The highest BCUT2D eigenvalue weighted by Gasteiger charge is 2.33. The van der Waals surface area contributed by atoms with Gasteiger partial charge in [0.25, 0.3) is 0 Å². The third-order valence-corrected chi connectivity index (χ3v) is 5.76. The maximum atomic E-state index is 13.0. The smallest absolute Gasteiger partial charge is 0.419 e. The lowest BCUT2D eigenvalue weighted by Crippen LogP contribution is -2.39. The molecule has 8 nitrogen and oxygen atoms in total. The Hall–Kier alpha value is -2.74. The number of nitrogens with zero attached hydrogens (tertiary/aromatic N) is 3. The second kappa shape index (κ2) is 10.9. The van der Waals surface area contributed by atoms with Crippen LogP contribution < -0.4 is 4.74 Å². The van der Waals surface area contributed by atoms with Crippen LogP contribution in [0.5, 0.6) is 5.75 Å². The number of carbonyl (C=O) groups excluding carboxylic acids is 1. The Morgan fingerprint density at radius 2 is 1.77 bits per heavy atom. The van der Waals surface area contributed by atoms with Crippen LogP contribution in [0.1, 0.15) is 54.0 Å². The number of hydrogen-bond donors (Lipinski definition) is 0. The van der Waals surface area contributed by atoms with E-state index < -0.39 is 17.7 Å². The summed E-state index contributed by atoms with van der Waals surface area (Å²) in [5, 5.41) is 1.22.